The molecule has 0 aliphatic carbocycles. The molecule has 1 amide bonds. The number of carbonyl (C=O) groups is 1. The van der Waals surface area contributed by atoms with Crippen molar-refractivity contribution in [2.24, 2.45) is 5.92 Å². The van der Waals surface area contributed by atoms with Crippen LogP contribution in [0.1, 0.15) is 18.4 Å². The molecule has 8 nitrogen and oxygen atoms in total. The van der Waals surface area contributed by atoms with Gasteiger partial charge in [0, 0.05) is 37.1 Å². The molecule has 1 aliphatic heterocycles. The highest BCUT2D eigenvalue weighted by molar-refractivity contribution is 7.89. The van der Waals surface area contributed by atoms with Crippen molar-refractivity contribution in [3.05, 3.63) is 71.8 Å². The lowest BCUT2D eigenvalue weighted by molar-refractivity contribution is -0.120. The Bertz CT molecular complexity index is 1280. The molecule has 1 aromatic heterocycles. The summed E-state index contributed by atoms with van der Waals surface area (Å²) in [5, 5.41) is 12.6. The molecule has 2 heterocycles. The van der Waals surface area contributed by atoms with Gasteiger partial charge in [0.1, 0.15) is 6.07 Å². The minimum atomic E-state index is -3.79. The topological polar surface area (TPSA) is 108 Å². The van der Waals surface area contributed by atoms with Crippen LogP contribution in [0.5, 0.6) is 0 Å². The Kier molecular flexibility index (Phi) is 6.28. The summed E-state index contributed by atoms with van der Waals surface area (Å²) in [6.07, 6.45) is 5.84. The van der Waals surface area contributed by atoms with Crippen molar-refractivity contribution in [1.82, 2.24) is 13.9 Å². The Morgan fingerprint density at radius 2 is 1.94 bits per heavy atom. The molecule has 0 bridgehead atoms. The van der Waals surface area contributed by atoms with E-state index in [1.807, 2.05) is 6.07 Å². The Balaban J connectivity index is 1.40. The van der Waals surface area contributed by atoms with Crippen molar-refractivity contribution >= 4 is 33.2 Å². The summed E-state index contributed by atoms with van der Waals surface area (Å²) < 4.78 is 29.0. The zero-order valence-corrected chi connectivity index (χ0v) is 18.6. The Morgan fingerprint density at radius 1 is 1.19 bits per heavy atom. The number of hydrogen-bond donors (Lipinski definition) is 1. The largest absolute Gasteiger partial charge is 0.326 e. The molecule has 1 fully saturated rings. The molecule has 164 valence electrons. The molecule has 1 aliphatic rings. The van der Waals surface area contributed by atoms with E-state index in [-0.39, 0.29) is 35.4 Å². The van der Waals surface area contributed by atoms with Gasteiger partial charge in [-0.2, -0.15) is 9.57 Å². The quantitative estimate of drug-likeness (QED) is 0.615. The van der Waals surface area contributed by atoms with Crippen molar-refractivity contribution in [2.45, 2.75) is 17.7 Å². The van der Waals surface area contributed by atoms with Crippen LogP contribution in [0.3, 0.4) is 0 Å². The number of sulfonamides is 1. The SMILES string of the molecule is N#Cc1ccccc1S(=O)(=O)N1CCC(C(=O)Nc2ccc(-n3ccnc3)c(Cl)c2)CC1. The van der Waals surface area contributed by atoms with Crippen LogP contribution in [0.25, 0.3) is 5.69 Å². The first-order valence-corrected chi connectivity index (χ1v) is 11.8. The number of amides is 1. The van der Waals surface area contributed by atoms with Gasteiger partial charge in [-0.25, -0.2) is 13.4 Å². The molecule has 0 radical (unpaired) electrons. The number of piperidine rings is 1. The van der Waals surface area contributed by atoms with Crippen molar-refractivity contribution in [3.8, 4) is 11.8 Å². The fraction of sp³-hybridized carbons (Fsp3) is 0.227. The highest BCUT2D eigenvalue weighted by Crippen LogP contribution is 2.28. The third-order valence-corrected chi connectivity index (χ3v) is 7.71. The van der Waals surface area contributed by atoms with E-state index in [0.717, 1.165) is 5.69 Å². The number of carbonyl (C=O) groups excluding carboxylic acids is 1. The van der Waals surface area contributed by atoms with Gasteiger partial charge >= 0.3 is 0 Å². The smallest absolute Gasteiger partial charge is 0.244 e. The Hall–Kier alpha value is -3.19. The standard InChI is InChI=1S/C22H20ClN5O3S/c23-19-13-18(5-6-20(19)27-12-9-25-15-27)26-22(29)16-7-10-28(11-8-16)32(30,31)21-4-2-1-3-17(21)14-24/h1-6,9,12-13,15-16H,7-8,10-11H2,(H,26,29). The summed E-state index contributed by atoms with van der Waals surface area (Å²) in [5.41, 5.74) is 1.43. The number of aromatic nitrogens is 2. The van der Waals surface area contributed by atoms with Crippen LogP contribution < -0.4 is 5.32 Å². The number of nitrogens with one attached hydrogen (secondary N) is 1. The predicted octanol–water partition coefficient (Wildman–Crippen LogP) is 3.44. The maximum atomic E-state index is 13.0. The molecule has 4 rings (SSSR count). The first kappa shape index (κ1) is 22.0. The van der Waals surface area contributed by atoms with Gasteiger partial charge in [0.2, 0.25) is 15.9 Å². The van der Waals surface area contributed by atoms with Crippen molar-refractivity contribution in [2.75, 3.05) is 18.4 Å². The number of hydrogen-bond acceptors (Lipinski definition) is 5. The second-order valence-electron chi connectivity index (χ2n) is 7.41. The second kappa shape index (κ2) is 9.12. The van der Waals surface area contributed by atoms with Gasteiger partial charge in [-0.3, -0.25) is 4.79 Å². The Labute approximate surface area is 191 Å². The second-order valence-corrected chi connectivity index (χ2v) is 9.73. The normalized spacial score (nSPS) is 15.2. The highest BCUT2D eigenvalue weighted by atomic mass is 35.5. The van der Waals surface area contributed by atoms with Gasteiger partial charge in [-0.05, 0) is 43.2 Å². The number of halogens is 1. The summed E-state index contributed by atoms with van der Waals surface area (Å²) in [6, 6.07) is 13.3. The molecule has 1 saturated heterocycles. The number of benzene rings is 2. The van der Waals surface area contributed by atoms with Crippen LogP contribution in [0.15, 0.2) is 66.1 Å². The lowest BCUT2D eigenvalue weighted by Gasteiger charge is -2.30. The molecular formula is C22H20ClN5O3S. The summed E-state index contributed by atoms with van der Waals surface area (Å²) in [4.78, 5) is 16.7. The van der Waals surface area contributed by atoms with E-state index < -0.39 is 10.0 Å². The first-order chi connectivity index (χ1) is 15.4. The van der Waals surface area contributed by atoms with Gasteiger partial charge < -0.3 is 9.88 Å². The molecule has 0 atom stereocenters. The van der Waals surface area contributed by atoms with Gasteiger partial charge in [0.25, 0.3) is 0 Å². The van der Waals surface area contributed by atoms with Crippen LogP contribution in [-0.4, -0.2) is 41.3 Å². The van der Waals surface area contributed by atoms with E-state index in [0.29, 0.717) is 23.6 Å². The third kappa shape index (κ3) is 4.39. The van der Waals surface area contributed by atoms with Crippen LogP contribution in [-0.2, 0) is 14.8 Å². The zero-order chi connectivity index (χ0) is 22.7. The molecule has 0 saturated carbocycles. The summed E-state index contributed by atoms with van der Waals surface area (Å²) in [6.45, 7) is 0.418. The Morgan fingerprint density at radius 3 is 2.59 bits per heavy atom. The molecule has 0 unspecified atom stereocenters. The fourth-order valence-corrected chi connectivity index (χ4v) is 5.61. The lowest BCUT2D eigenvalue weighted by Crippen LogP contribution is -2.41. The average Bonchev–Trinajstić information content (AvgIpc) is 3.34. The van der Waals surface area contributed by atoms with Gasteiger partial charge in [-0.1, -0.05) is 23.7 Å². The van der Waals surface area contributed by atoms with E-state index in [9.17, 15) is 18.5 Å². The van der Waals surface area contributed by atoms with E-state index in [2.05, 4.69) is 10.3 Å². The molecule has 1 N–H and O–H groups in total. The van der Waals surface area contributed by atoms with E-state index in [4.69, 9.17) is 11.6 Å². The summed E-state index contributed by atoms with van der Waals surface area (Å²) >= 11 is 6.35. The van der Waals surface area contributed by atoms with Crippen molar-refractivity contribution in [1.29, 1.82) is 5.26 Å². The molecular weight excluding hydrogens is 450 g/mol. The van der Waals surface area contributed by atoms with Gasteiger partial charge in [0.05, 0.1) is 27.5 Å². The predicted molar refractivity (Wildman–Crippen MR) is 120 cm³/mol. The van der Waals surface area contributed by atoms with Crippen LogP contribution in [0.2, 0.25) is 5.02 Å². The number of nitrogens with zero attached hydrogens (tertiary/aromatic N) is 4. The minimum absolute atomic E-state index is 0.00183. The monoisotopic (exact) mass is 469 g/mol. The number of rotatable bonds is 5. The summed E-state index contributed by atoms with van der Waals surface area (Å²) in [5.74, 6) is -0.495. The van der Waals surface area contributed by atoms with Gasteiger partial charge in [0.15, 0.2) is 0 Å². The maximum absolute atomic E-state index is 13.0. The van der Waals surface area contributed by atoms with Crippen molar-refractivity contribution < 1.29 is 13.2 Å². The maximum Gasteiger partial charge on any atom is 0.244 e. The van der Waals surface area contributed by atoms with Crippen LogP contribution in [0.4, 0.5) is 5.69 Å². The van der Waals surface area contributed by atoms with E-state index >= 15 is 0 Å². The number of anilines is 1. The third-order valence-electron chi connectivity index (χ3n) is 5.45. The molecule has 0 spiro atoms. The minimum Gasteiger partial charge on any atom is -0.326 e. The number of imidazole rings is 1. The summed E-state index contributed by atoms with van der Waals surface area (Å²) in [7, 11) is -3.79. The molecule has 3 aromatic rings. The van der Waals surface area contributed by atoms with Crippen molar-refractivity contribution in [3.63, 3.8) is 0 Å². The van der Waals surface area contributed by atoms with Crippen LogP contribution >= 0.6 is 11.6 Å². The molecule has 2 aromatic carbocycles. The fourth-order valence-electron chi connectivity index (χ4n) is 3.72. The van der Waals surface area contributed by atoms with E-state index in [1.54, 1.807) is 53.6 Å². The van der Waals surface area contributed by atoms with Crippen LogP contribution in [0, 0.1) is 17.2 Å². The number of nitriles is 1. The van der Waals surface area contributed by atoms with Gasteiger partial charge in [-0.15, -0.1) is 0 Å². The average molecular weight is 470 g/mol. The lowest BCUT2D eigenvalue weighted by atomic mass is 9.97. The molecule has 32 heavy (non-hydrogen) atoms. The first-order valence-electron chi connectivity index (χ1n) is 9.98. The zero-order valence-electron chi connectivity index (χ0n) is 17.0. The highest BCUT2D eigenvalue weighted by Gasteiger charge is 2.33. The molecule has 10 heteroatoms. The van der Waals surface area contributed by atoms with E-state index in [1.165, 1.54) is 16.4 Å².